The first-order valence-corrected chi connectivity index (χ1v) is 10.5. The van der Waals surface area contributed by atoms with Gasteiger partial charge >= 0.3 is 12.1 Å². The van der Waals surface area contributed by atoms with Crippen LogP contribution in [0.1, 0.15) is 30.4 Å². The summed E-state index contributed by atoms with van der Waals surface area (Å²) in [5, 5.41) is 2.78. The summed E-state index contributed by atoms with van der Waals surface area (Å²) in [7, 11) is 1.30. The molecule has 164 valence electrons. The second-order valence-corrected chi connectivity index (χ2v) is 7.50. The van der Waals surface area contributed by atoms with Crippen molar-refractivity contribution in [1.82, 2.24) is 10.2 Å². The summed E-state index contributed by atoms with van der Waals surface area (Å²) >= 11 is 0. The van der Waals surface area contributed by atoms with Crippen molar-refractivity contribution in [3.8, 4) is 0 Å². The number of likely N-dealkylation sites (tertiary alicyclic amines) is 1. The summed E-state index contributed by atoms with van der Waals surface area (Å²) in [5.74, 6) is -0.863. The second kappa shape index (κ2) is 11.2. The highest BCUT2D eigenvalue weighted by atomic mass is 16.6. The largest absolute Gasteiger partial charge is 0.467 e. The number of hydrogen-bond acceptors (Lipinski definition) is 5. The van der Waals surface area contributed by atoms with Crippen molar-refractivity contribution in [2.45, 2.75) is 44.4 Å². The quantitative estimate of drug-likeness (QED) is 0.659. The first-order chi connectivity index (χ1) is 15.1. The Morgan fingerprint density at radius 3 is 2.32 bits per heavy atom. The van der Waals surface area contributed by atoms with Crippen molar-refractivity contribution in [2.75, 3.05) is 13.7 Å². The minimum atomic E-state index is -0.777. The lowest BCUT2D eigenvalue weighted by molar-refractivity contribution is -0.145. The van der Waals surface area contributed by atoms with E-state index in [1.807, 2.05) is 60.7 Å². The Morgan fingerprint density at radius 1 is 1.03 bits per heavy atom. The van der Waals surface area contributed by atoms with Crippen molar-refractivity contribution in [3.63, 3.8) is 0 Å². The molecule has 1 N–H and O–H groups in total. The van der Waals surface area contributed by atoms with E-state index in [4.69, 9.17) is 9.47 Å². The first kappa shape index (κ1) is 22.3. The Balaban J connectivity index is 1.57. The molecule has 0 aliphatic carbocycles. The fourth-order valence-electron chi connectivity index (χ4n) is 3.67. The molecule has 2 amide bonds. The molecular weight excluding hydrogens is 396 g/mol. The number of ether oxygens (including phenoxy) is 2. The van der Waals surface area contributed by atoms with Gasteiger partial charge in [0.2, 0.25) is 5.91 Å². The van der Waals surface area contributed by atoms with E-state index >= 15 is 0 Å². The van der Waals surface area contributed by atoms with Gasteiger partial charge in [0.15, 0.2) is 0 Å². The Morgan fingerprint density at radius 2 is 1.68 bits per heavy atom. The molecule has 2 aromatic carbocycles. The molecule has 1 fully saturated rings. The summed E-state index contributed by atoms with van der Waals surface area (Å²) < 4.78 is 10.3. The van der Waals surface area contributed by atoms with E-state index in [9.17, 15) is 14.4 Å². The minimum absolute atomic E-state index is 0.145. The van der Waals surface area contributed by atoms with Crippen LogP contribution in [0.2, 0.25) is 0 Å². The molecule has 7 nitrogen and oxygen atoms in total. The van der Waals surface area contributed by atoms with Gasteiger partial charge in [-0.2, -0.15) is 0 Å². The molecule has 0 saturated carbocycles. The van der Waals surface area contributed by atoms with Crippen LogP contribution in [0.15, 0.2) is 60.7 Å². The fourth-order valence-corrected chi connectivity index (χ4v) is 3.67. The van der Waals surface area contributed by atoms with Gasteiger partial charge in [-0.15, -0.1) is 0 Å². The monoisotopic (exact) mass is 424 g/mol. The normalized spacial score (nSPS) is 16.4. The van der Waals surface area contributed by atoms with Crippen LogP contribution in [0.3, 0.4) is 0 Å². The number of aryl methyl sites for hydroxylation is 1. The van der Waals surface area contributed by atoms with E-state index in [2.05, 4.69) is 5.32 Å². The Bertz CT molecular complexity index is 872. The number of nitrogens with zero attached hydrogens (tertiary/aromatic N) is 1. The number of esters is 1. The van der Waals surface area contributed by atoms with Gasteiger partial charge in [-0.1, -0.05) is 60.7 Å². The van der Waals surface area contributed by atoms with E-state index in [1.165, 1.54) is 12.0 Å². The molecule has 2 aromatic rings. The second-order valence-electron chi connectivity index (χ2n) is 7.50. The average molecular weight is 424 g/mol. The highest BCUT2D eigenvalue weighted by molar-refractivity contribution is 5.90. The van der Waals surface area contributed by atoms with Crippen LogP contribution in [0, 0.1) is 0 Å². The van der Waals surface area contributed by atoms with Gasteiger partial charge in [-0.3, -0.25) is 9.69 Å². The number of nitrogens with one attached hydrogen (secondary N) is 1. The summed E-state index contributed by atoms with van der Waals surface area (Å²) in [6.45, 7) is 0.588. The molecule has 0 aromatic heterocycles. The highest BCUT2D eigenvalue weighted by Crippen LogP contribution is 2.20. The third-order valence-electron chi connectivity index (χ3n) is 5.36. The van der Waals surface area contributed by atoms with Crippen molar-refractivity contribution in [3.05, 3.63) is 71.8 Å². The fraction of sp³-hybridized carbons (Fsp3) is 0.375. The summed E-state index contributed by atoms with van der Waals surface area (Å²) in [6, 6.07) is 17.7. The lowest BCUT2D eigenvalue weighted by Gasteiger charge is -2.25. The molecule has 0 unspecified atom stereocenters. The average Bonchev–Trinajstić information content (AvgIpc) is 3.31. The van der Waals surface area contributed by atoms with Crippen LogP contribution in [0.5, 0.6) is 0 Å². The van der Waals surface area contributed by atoms with Crippen molar-refractivity contribution >= 4 is 18.0 Å². The SMILES string of the molecule is COC(=O)[C@@H](CCc1ccccc1)NC(=O)[C@H]1CCCN1C(=O)OCc1ccccc1. The summed E-state index contributed by atoms with van der Waals surface area (Å²) in [6.07, 6.45) is 1.73. The topological polar surface area (TPSA) is 84.9 Å². The zero-order chi connectivity index (χ0) is 22.1. The van der Waals surface area contributed by atoms with E-state index in [0.29, 0.717) is 32.2 Å². The van der Waals surface area contributed by atoms with Crippen LogP contribution in [0.25, 0.3) is 0 Å². The molecule has 1 aliphatic heterocycles. The molecule has 0 radical (unpaired) electrons. The molecule has 2 atom stereocenters. The number of carbonyl (C=O) groups excluding carboxylic acids is 3. The van der Waals surface area contributed by atoms with Crippen LogP contribution >= 0.6 is 0 Å². The smallest absolute Gasteiger partial charge is 0.410 e. The van der Waals surface area contributed by atoms with Gasteiger partial charge in [-0.25, -0.2) is 9.59 Å². The molecule has 1 heterocycles. The first-order valence-electron chi connectivity index (χ1n) is 10.5. The van der Waals surface area contributed by atoms with Gasteiger partial charge in [0.25, 0.3) is 0 Å². The van der Waals surface area contributed by atoms with Crippen LogP contribution in [-0.4, -0.2) is 48.6 Å². The Kier molecular flexibility index (Phi) is 8.04. The zero-order valence-corrected chi connectivity index (χ0v) is 17.7. The number of hydrogen-bond donors (Lipinski definition) is 1. The van der Waals surface area contributed by atoms with Crippen molar-refractivity contribution in [1.29, 1.82) is 0 Å². The third-order valence-corrected chi connectivity index (χ3v) is 5.36. The maximum absolute atomic E-state index is 12.9. The molecule has 3 rings (SSSR count). The van der Waals surface area contributed by atoms with E-state index < -0.39 is 24.1 Å². The van der Waals surface area contributed by atoms with Gasteiger partial charge < -0.3 is 14.8 Å². The molecule has 1 saturated heterocycles. The molecule has 0 bridgehead atoms. The molecule has 7 heteroatoms. The van der Waals surface area contributed by atoms with Crippen molar-refractivity contribution in [2.24, 2.45) is 0 Å². The third kappa shape index (κ3) is 6.31. The van der Waals surface area contributed by atoms with Gasteiger partial charge in [0.1, 0.15) is 18.7 Å². The van der Waals surface area contributed by atoms with E-state index in [0.717, 1.165) is 11.1 Å². The van der Waals surface area contributed by atoms with Gasteiger partial charge in [0.05, 0.1) is 7.11 Å². The zero-order valence-electron chi connectivity index (χ0n) is 17.7. The number of rotatable bonds is 8. The molecule has 31 heavy (non-hydrogen) atoms. The standard InChI is InChI=1S/C24H28N2O5/c1-30-23(28)20(15-14-18-9-4-2-5-10-18)25-22(27)21-13-8-16-26(21)24(29)31-17-19-11-6-3-7-12-19/h2-7,9-12,20-21H,8,13-17H2,1H3,(H,25,27)/t20-,21-/m1/s1. The lowest BCUT2D eigenvalue weighted by atomic mass is 10.0. The number of benzene rings is 2. The van der Waals surface area contributed by atoms with Crippen LogP contribution < -0.4 is 5.32 Å². The molecular formula is C24H28N2O5. The van der Waals surface area contributed by atoms with Crippen molar-refractivity contribution < 1.29 is 23.9 Å². The highest BCUT2D eigenvalue weighted by Gasteiger charge is 2.36. The number of methoxy groups -OCH3 is 1. The summed E-state index contributed by atoms with van der Waals surface area (Å²) in [4.78, 5) is 39.1. The number of amides is 2. The predicted molar refractivity (Wildman–Crippen MR) is 115 cm³/mol. The van der Waals surface area contributed by atoms with Crippen LogP contribution in [0.4, 0.5) is 4.79 Å². The maximum Gasteiger partial charge on any atom is 0.410 e. The Labute approximate surface area is 182 Å². The lowest BCUT2D eigenvalue weighted by Crippen LogP contribution is -2.51. The van der Waals surface area contributed by atoms with Crippen LogP contribution in [-0.2, 0) is 32.1 Å². The molecule has 0 spiro atoms. The van der Waals surface area contributed by atoms with Gasteiger partial charge in [-0.05, 0) is 36.8 Å². The van der Waals surface area contributed by atoms with E-state index in [1.54, 1.807) is 0 Å². The van der Waals surface area contributed by atoms with Gasteiger partial charge in [0, 0.05) is 6.54 Å². The Hall–Kier alpha value is -3.35. The predicted octanol–water partition coefficient (Wildman–Crippen LogP) is 3.08. The maximum atomic E-state index is 12.9. The number of carbonyl (C=O) groups is 3. The molecule has 1 aliphatic rings. The minimum Gasteiger partial charge on any atom is -0.467 e. The van der Waals surface area contributed by atoms with E-state index in [-0.39, 0.29) is 12.5 Å². The summed E-state index contributed by atoms with van der Waals surface area (Å²) in [5.41, 5.74) is 1.94.